The van der Waals surface area contributed by atoms with Crippen LogP contribution in [0.25, 0.3) is 33.4 Å². The normalized spacial score (nSPS) is 12.5. The van der Waals surface area contributed by atoms with E-state index in [9.17, 15) is 39.6 Å². The van der Waals surface area contributed by atoms with Crippen LogP contribution in [0.4, 0.5) is 0 Å². The van der Waals surface area contributed by atoms with Crippen LogP contribution in [0.2, 0.25) is 0 Å². The zero-order valence-corrected chi connectivity index (χ0v) is 25.6. The minimum Gasteiger partial charge on any atom is -0.478 e. The molecule has 8 heteroatoms. The van der Waals surface area contributed by atoms with Crippen molar-refractivity contribution in [2.24, 2.45) is 0 Å². The maximum Gasteiger partial charge on any atom is 0.335 e. The molecular formula is C41H26O8. The molecule has 4 N–H and O–H groups in total. The lowest BCUT2D eigenvalue weighted by molar-refractivity contribution is 0.0676. The molecule has 8 nitrogen and oxygen atoms in total. The van der Waals surface area contributed by atoms with Gasteiger partial charge >= 0.3 is 23.9 Å². The zero-order valence-electron chi connectivity index (χ0n) is 25.6. The van der Waals surface area contributed by atoms with E-state index in [0.29, 0.717) is 22.3 Å². The van der Waals surface area contributed by atoms with Gasteiger partial charge in [-0.05, 0) is 104 Å². The number of benzene rings is 6. The summed E-state index contributed by atoms with van der Waals surface area (Å²) < 4.78 is 0. The van der Waals surface area contributed by atoms with E-state index in [1.807, 2.05) is 97.1 Å². The van der Waals surface area contributed by atoms with Crippen molar-refractivity contribution in [3.8, 4) is 33.4 Å². The van der Waals surface area contributed by atoms with E-state index in [-0.39, 0.29) is 22.3 Å². The summed E-state index contributed by atoms with van der Waals surface area (Å²) in [7, 11) is 0. The van der Waals surface area contributed by atoms with Crippen LogP contribution in [0, 0.1) is 0 Å². The third-order valence-electron chi connectivity index (χ3n) is 9.07. The fraction of sp³-hybridized carbons (Fsp3) is 0.0244. The van der Waals surface area contributed by atoms with Crippen LogP contribution in [0.15, 0.2) is 133 Å². The quantitative estimate of drug-likeness (QED) is 0.129. The summed E-state index contributed by atoms with van der Waals surface area (Å²) in [4.78, 5) is 47.9. The van der Waals surface area contributed by atoms with Crippen molar-refractivity contribution in [1.29, 1.82) is 0 Å². The average molecular weight is 647 g/mol. The van der Waals surface area contributed by atoms with Gasteiger partial charge in [0.1, 0.15) is 0 Å². The molecule has 0 heterocycles. The van der Waals surface area contributed by atoms with E-state index in [1.165, 1.54) is 24.3 Å². The number of rotatable bonds is 8. The van der Waals surface area contributed by atoms with E-state index in [2.05, 4.69) is 0 Å². The van der Waals surface area contributed by atoms with Crippen molar-refractivity contribution in [2.45, 2.75) is 5.41 Å². The summed E-state index contributed by atoms with van der Waals surface area (Å²) in [5.74, 6) is -4.98. The van der Waals surface area contributed by atoms with Crippen LogP contribution in [0.3, 0.4) is 0 Å². The largest absolute Gasteiger partial charge is 0.478 e. The first kappa shape index (κ1) is 30.8. The Hall–Kier alpha value is -6.80. The molecule has 7 rings (SSSR count). The molecule has 0 saturated carbocycles. The zero-order chi connectivity index (χ0) is 34.4. The van der Waals surface area contributed by atoms with E-state index in [4.69, 9.17) is 0 Å². The lowest BCUT2D eigenvalue weighted by atomic mass is 9.67. The van der Waals surface area contributed by atoms with Crippen LogP contribution < -0.4 is 0 Å². The van der Waals surface area contributed by atoms with Crippen molar-refractivity contribution in [1.82, 2.24) is 0 Å². The highest BCUT2D eigenvalue weighted by Gasteiger charge is 2.46. The number of carboxylic acid groups (broad SMARTS) is 4. The summed E-state index contributed by atoms with van der Waals surface area (Å²) in [5.41, 5.74) is 5.96. The minimum absolute atomic E-state index is 0.148. The Balaban J connectivity index is 1.55. The summed E-state index contributed by atoms with van der Waals surface area (Å²) in [6.45, 7) is 0. The van der Waals surface area contributed by atoms with Gasteiger partial charge in [-0.2, -0.15) is 0 Å². The topological polar surface area (TPSA) is 149 Å². The fourth-order valence-electron chi connectivity index (χ4n) is 6.93. The van der Waals surface area contributed by atoms with Crippen molar-refractivity contribution in [2.75, 3.05) is 0 Å². The number of fused-ring (bicyclic) bond motifs is 3. The van der Waals surface area contributed by atoms with Gasteiger partial charge in [-0.1, -0.05) is 84.9 Å². The molecule has 1 aliphatic rings. The second-order valence-corrected chi connectivity index (χ2v) is 11.8. The van der Waals surface area contributed by atoms with Gasteiger partial charge in [0.25, 0.3) is 0 Å². The molecule has 0 unspecified atom stereocenters. The summed E-state index contributed by atoms with van der Waals surface area (Å²) in [5, 5.41) is 39.1. The average Bonchev–Trinajstić information content (AvgIpc) is 3.41. The number of carboxylic acids is 4. The minimum atomic E-state index is -1.24. The van der Waals surface area contributed by atoms with Crippen molar-refractivity contribution >= 4 is 23.9 Å². The first-order chi connectivity index (χ1) is 23.6. The van der Waals surface area contributed by atoms with Gasteiger partial charge in [-0.15, -0.1) is 0 Å². The predicted molar refractivity (Wildman–Crippen MR) is 182 cm³/mol. The molecule has 238 valence electrons. The molecule has 0 saturated heterocycles. The molecule has 6 aromatic carbocycles. The molecule has 0 radical (unpaired) electrons. The Kier molecular flexibility index (Phi) is 7.41. The van der Waals surface area contributed by atoms with Gasteiger partial charge in [-0.25, -0.2) is 19.2 Å². The Morgan fingerprint density at radius 1 is 0.367 bits per heavy atom. The SMILES string of the molecule is O=C(O)c1cc(C(=O)O)cc(-c2ccc3c(c2)C(c2ccccc2)(c2ccccc2)c2cc(-c4cc(C(=O)O)cc(C(=O)O)c4)ccc2-3)c1. The standard InChI is InChI=1S/C41H26O8/c42-37(43)27-15-25(16-28(19-27)38(44)45)23-11-13-33-34-14-12-24(26-17-29(39(46)47)20-30(18-26)40(48)49)22-36(34)41(35(33)21-23,31-7-3-1-4-8-31)32-9-5-2-6-10-32/h1-22H,(H,42,43)(H,44,45)(H,46,47)(H,48,49). The van der Waals surface area contributed by atoms with E-state index >= 15 is 0 Å². The van der Waals surface area contributed by atoms with Crippen LogP contribution >= 0.6 is 0 Å². The summed E-state index contributed by atoms with van der Waals surface area (Å²) >= 11 is 0. The molecule has 0 atom stereocenters. The maximum atomic E-state index is 12.0. The molecule has 6 aromatic rings. The van der Waals surface area contributed by atoms with E-state index in [0.717, 1.165) is 45.5 Å². The third-order valence-corrected chi connectivity index (χ3v) is 9.07. The van der Waals surface area contributed by atoms with E-state index in [1.54, 1.807) is 0 Å². The van der Waals surface area contributed by atoms with Crippen LogP contribution in [0.5, 0.6) is 0 Å². The number of hydrogen-bond donors (Lipinski definition) is 4. The Bertz CT molecular complexity index is 2110. The fourth-order valence-corrected chi connectivity index (χ4v) is 6.93. The van der Waals surface area contributed by atoms with Crippen molar-refractivity contribution < 1.29 is 39.6 Å². The molecule has 1 aliphatic carbocycles. The molecular weight excluding hydrogens is 620 g/mol. The number of carbonyl (C=O) groups is 4. The smallest absolute Gasteiger partial charge is 0.335 e. The predicted octanol–water partition coefficient (Wildman–Crippen LogP) is 8.18. The molecule has 0 aromatic heterocycles. The number of aromatic carboxylic acids is 4. The van der Waals surface area contributed by atoms with Gasteiger partial charge < -0.3 is 20.4 Å². The number of hydrogen-bond acceptors (Lipinski definition) is 4. The first-order valence-electron chi connectivity index (χ1n) is 15.2. The highest BCUT2D eigenvalue weighted by atomic mass is 16.4. The Labute approximate surface area is 279 Å². The van der Waals surface area contributed by atoms with Gasteiger partial charge in [0.15, 0.2) is 0 Å². The van der Waals surface area contributed by atoms with Gasteiger partial charge in [0.2, 0.25) is 0 Å². The lowest BCUT2D eigenvalue weighted by Gasteiger charge is -2.34. The van der Waals surface area contributed by atoms with Gasteiger partial charge in [-0.3, -0.25) is 0 Å². The first-order valence-corrected chi connectivity index (χ1v) is 15.2. The Morgan fingerprint density at radius 3 is 1.00 bits per heavy atom. The second kappa shape index (κ2) is 11.8. The van der Waals surface area contributed by atoms with Gasteiger partial charge in [0, 0.05) is 0 Å². The van der Waals surface area contributed by atoms with Crippen molar-refractivity contribution in [3.63, 3.8) is 0 Å². The molecule has 0 bridgehead atoms. The maximum absolute atomic E-state index is 12.0. The highest BCUT2D eigenvalue weighted by molar-refractivity contribution is 5.98. The lowest BCUT2D eigenvalue weighted by Crippen LogP contribution is -2.28. The monoisotopic (exact) mass is 646 g/mol. The molecule has 0 fully saturated rings. The summed E-state index contributed by atoms with van der Waals surface area (Å²) in [6, 6.07) is 39.3. The molecule has 49 heavy (non-hydrogen) atoms. The second-order valence-electron chi connectivity index (χ2n) is 11.8. The molecule has 0 spiro atoms. The molecule has 0 aliphatic heterocycles. The highest BCUT2D eigenvalue weighted by Crippen LogP contribution is 2.57. The van der Waals surface area contributed by atoms with Crippen LogP contribution in [-0.2, 0) is 5.41 Å². The van der Waals surface area contributed by atoms with Crippen molar-refractivity contribution in [3.05, 3.63) is 178 Å². The molecule has 0 amide bonds. The van der Waals surface area contributed by atoms with Crippen LogP contribution in [0.1, 0.15) is 63.7 Å². The third kappa shape index (κ3) is 5.12. The summed E-state index contributed by atoms with van der Waals surface area (Å²) in [6.07, 6.45) is 0. The van der Waals surface area contributed by atoms with E-state index < -0.39 is 29.3 Å². The Morgan fingerprint density at radius 2 is 0.694 bits per heavy atom. The van der Waals surface area contributed by atoms with Gasteiger partial charge in [0.05, 0.1) is 27.7 Å². The van der Waals surface area contributed by atoms with Crippen LogP contribution in [-0.4, -0.2) is 44.3 Å².